The lowest BCUT2D eigenvalue weighted by molar-refractivity contribution is 0.263. The second kappa shape index (κ2) is 5.47. The normalized spacial score (nSPS) is 25.1. The van der Waals surface area contributed by atoms with Gasteiger partial charge in [0.2, 0.25) is 10.0 Å². The number of nitrogens with zero attached hydrogens (tertiary/aromatic N) is 1. The van der Waals surface area contributed by atoms with Crippen LogP contribution < -0.4 is 0 Å². The summed E-state index contributed by atoms with van der Waals surface area (Å²) in [5.41, 5.74) is 0. The van der Waals surface area contributed by atoms with E-state index in [2.05, 4.69) is 15.9 Å². The van der Waals surface area contributed by atoms with E-state index in [-0.39, 0.29) is 5.75 Å². The Bertz CT molecular complexity index is 264. The van der Waals surface area contributed by atoms with Crippen molar-refractivity contribution < 1.29 is 8.42 Å². The van der Waals surface area contributed by atoms with Gasteiger partial charge in [-0.15, -0.1) is 0 Å². The number of alkyl halides is 1. The Labute approximate surface area is 95.0 Å². The van der Waals surface area contributed by atoms with Crippen LogP contribution in [0.2, 0.25) is 0 Å². The SMILES string of the molecule is CCS(=O)(=O)N1CCCC(CCBr)C1. The maximum atomic E-state index is 11.6. The Morgan fingerprint density at radius 3 is 2.79 bits per heavy atom. The summed E-state index contributed by atoms with van der Waals surface area (Å²) in [6, 6.07) is 0. The third kappa shape index (κ3) is 3.21. The highest BCUT2D eigenvalue weighted by atomic mass is 79.9. The lowest BCUT2D eigenvalue weighted by atomic mass is 9.97. The van der Waals surface area contributed by atoms with Crippen LogP contribution in [-0.2, 0) is 10.0 Å². The average Bonchev–Trinajstić information content (AvgIpc) is 2.19. The van der Waals surface area contributed by atoms with E-state index < -0.39 is 10.0 Å². The van der Waals surface area contributed by atoms with Crippen molar-refractivity contribution in [1.29, 1.82) is 0 Å². The Hall–Kier alpha value is 0.390. The molecule has 1 atom stereocenters. The molecular weight excluding hydrogens is 266 g/mol. The fraction of sp³-hybridized carbons (Fsp3) is 1.00. The summed E-state index contributed by atoms with van der Waals surface area (Å²) < 4.78 is 24.9. The number of sulfonamides is 1. The Kier molecular flexibility index (Phi) is 4.87. The van der Waals surface area contributed by atoms with Gasteiger partial charge in [0.1, 0.15) is 0 Å². The number of rotatable bonds is 4. The average molecular weight is 284 g/mol. The summed E-state index contributed by atoms with van der Waals surface area (Å²) in [6.45, 7) is 3.15. The highest BCUT2D eigenvalue weighted by Gasteiger charge is 2.26. The molecule has 1 aliphatic rings. The molecule has 0 N–H and O–H groups in total. The van der Waals surface area contributed by atoms with E-state index in [9.17, 15) is 8.42 Å². The minimum absolute atomic E-state index is 0.230. The molecule has 0 aliphatic carbocycles. The number of hydrogen-bond acceptors (Lipinski definition) is 2. The Morgan fingerprint density at radius 2 is 2.21 bits per heavy atom. The maximum Gasteiger partial charge on any atom is 0.213 e. The van der Waals surface area contributed by atoms with Crippen LogP contribution in [0.4, 0.5) is 0 Å². The van der Waals surface area contributed by atoms with Crippen LogP contribution in [0.25, 0.3) is 0 Å². The van der Waals surface area contributed by atoms with Gasteiger partial charge >= 0.3 is 0 Å². The van der Waals surface area contributed by atoms with Gasteiger partial charge in [-0.25, -0.2) is 12.7 Å². The van der Waals surface area contributed by atoms with Crippen LogP contribution in [0.3, 0.4) is 0 Å². The monoisotopic (exact) mass is 283 g/mol. The zero-order valence-corrected chi connectivity index (χ0v) is 11.0. The van der Waals surface area contributed by atoms with Gasteiger partial charge in [-0.1, -0.05) is 15.9 Å². The van der Waals surface area contributed by atoms with Crippen molar-refractivity contribution in [1.82, 2.24) is 4.31 Å². The van der Waals surface area contributed by atoms with E-state index in [0.717, 1.165) is 31.3 Å². The molecule has 14 heavy (non-hydrogen) atoms. The third-order valence-electron chi connectivity index (χ3n) is 2.76. The van der Waals surface area contributed by atoms with Crippen molar-refractivity contribution in [3.63, 3.8) is 0 Å². The zero-order valence-electron chi connectivity index (χ0n) is 8.58. The topological polar surface area (TPSA) is 37.4 Å². The van der Waals surface area contributed by atoms with Crippen LogP contribution in [0.5, 0.6) is 0 Å². The first-order valence-corrected chi connectivity index (χ1v) is 7.87. The fourth-order valence-electron chi connectivity index (χ4n) is 1.85. The summed E-state index contributed by atoms with van der Waals surface area (Å²) in [5.74, 6) is 0.776. The first-order valence-electron chi connectivity index (χ1n) is 5.14. The standard InChI is InChI=1S/C9H18BrNO2S/c1-2-14(12,13)11-7-3-4-9(8-11)5-6-10/h9H,2-8H2,1H3. The molecule has 1 rings (SSSR count). The Morgan fingerprint density at radius 1 is 1.50 bits per heavy atom. The van der Waals surface area contributed by atoms with E-state index in [1.54, 1.807) is 11.2 Å². The van der Waals surface area contributed by atoms with Crippen LogP contribution in [0.1, 0.15) is 26.2 Å². The number of piperidine rings is 1. The molecule has 0 radical (unpaired) electrons. The molecule has 0 spiro atoms. The molecule has 0 aromatic rings. The molecule has 0 bridgehead atoms. The minimum atomic E-state index is -2.95. The predicted octanol–water partition coefficient (Wildman–Crippen LogP) is 1.83. The Balaban J connectivity index is 2.56. The lowest BCUT2D eigenvalue weighted by Crippen LogP contribution is -2.40. The van der Waals surface area contributed by atoms with E-state index >= 15 is 0 Å². The molecular formula is C9H18BrNO2S. The molecule has 3 nitrogen and oxygen atoms in total. The molecule has 84 valence electrons. The fourth-order valence-corrected chi connectivity index (χ4v) is 3.71. The quantitative estimate of drug-likeness (QED) is 0.739. The van der Waals surface area contributed by atoms with Crippen LogP contribution in [0.15, 0.2) is 0 Å². The van der Waals surface area contributed by atoms with Gasteiger partial charge in [0.25, 0.3) is 0 Å². The minimum Gasteiger partial charge on any atom is -0.212 e. The lowest BCUT2D eigenvalue weighted by Gasteiger charge is -2.31. The summed E-state index contributed by atoms with van der Waals surface area (Å²) in [7, 11) is -2.95. The van der Waals surface area contributed by atoms with Crippen molar-refractivity contribution in [3.8, 4) is 0 Å². The first kappa shape index (κ1) is 12.5. The summed E-state index contributed by atoms with van der Waals surface area (Å²) in [4.78, 5) is 0. The molecule has 0 aromatic heterocycles. The largest absolute Gasteiger partial charge is 0.213 e. The summed E-state index contributed by atoms with van der Waals surface area (Å²) >= 11 is 3.40. The van der Waals surface area contributed by atoms with Crippen molar-refractivity contribution in [2.75, 3.05) is 24.2 Å². The van der Waals surface area contributed by atoms with Crippen molar-refractivity contribution in [3.05, 3.63) is 0 Å². The van der Waals surface area contributed by atoms with Crippen molar-refractivity contribution >= 4 is 26.0 Å². The van der Waals surface area contributed by atoms with Gasteiger partial charge in [-0.3, -0.25) is 0 Å². The molecule has 5 heteroatoms. The van der Waals surface area contributed by atoms with Crippen LogP contribution >= 0.6 is 15.9 Å². The van der Waals surface area contributed by atoms with Gasteiger partial charge < -0.3 is 0 Å². The molecule has 0 saturated carbocycles. The van der Waals surface area contributed by atoms with Gasteiger partial charge in [-0.05, 0) is 32.1 Å². The summed E-state index contributed by atoms with van der Waals surface area (Å²) in [6.07, 6.45) is 3.26. The molecule has 1 fully saturated rings. The first-order chi connectivity index (χ1) is 6.60. The predicted molar refractivity (Wildman–Crippen MR) is 62.2 cm³/mol. The molecule has 0 aromatic carbocycles. The number of halogens is 1. The van der Waals surface area contributed by atoms with Gasteiger partial charge in [-0.2, -0.15) is 0 Å². The molecule has 1 heterocycles. The highest BCUT2D eigenvalue weighted by Crippen LogP contribution is 2.22. The van der Waals surface area contributed by atoms with E-state index in [4.69, 9.17) is 0 Å². The third-order valence-corrected chi connectivity index (χ3v) is 5.06. The smallest absolute Gasteiger partial charge is 0.212 e. The molecule has 1 unspecified atom stereocenters. The van der Waals surface area contributed by atoms with E-state index in [1.807, 2.05) is 0 Å². The molecule has 0 amide bonds. The highest BCUT2D eigenvalue weighted by molar-refractivity contribution is 9.09. The van der Waals surface area contributed by atoms with Gasteiger partial charge in [0.05, 0.1) is 5.75 Å². The van der Waals surface area contributed by atoms with E-state index in [0.29, 0.717) is 5.92 Å². The van der Waals surface area contributed by atoms with Gasteiger partial charge in [0.15, 0.2) is 0 Å². The van der Waals surface area contributed by atoms with Crippen LogP contribution in [-0.4, -0.2) is 36.9 Å². The summed E-state index contributed by atoms with van der Waals surface area (Å²) in [5, 5.41) is 0.970. The van der Waals surface area contributed by atoms with Gasteiger partial charge in [0, 0.05) is 18.4 Å². The number of hydrogen-bond donors (Lipinski definition) is 0. The van der Waals surface area contributed by atoms with E-state index in [1.165, 1.54) is 6.42 Å². The second-order valence-electron chi connectivity index (χ2n) is 3.74. The second-order valence-corrected chi connectivity index (χ2v) is 6.80. The molecule has 1 aliphatic heterocycles. The van der Waals surface area contributed by atoms with Crippen molar-refractivity contribution in [2.24, 2.45) is 5.92 Å². The molecule has 1 saturated heterocycles. The zero-order chi connectivity index (χ0) is 10.6. The van der Waals surface area contributed by atoms with Crippen LogP contribution in [0, 0.1) is 5.92 Å². The van der Waals surface area contributed by atoms with Crippen molar-refractivity contribution in [2.45, 2.75) is 26.2 Å². The maximum absolute atomic E-state index is 11.6.